The first-order chi connectivity index (χ1) is 17.7. The summed E-state index contributed by atoms with van der Waals surface area (Å²) in [5, 5.41) is 0. The van der Waals surface area contributed by atoms with Gasteiger partial charge in [-0.2, -0.15) is 0 Å². The number of rotatable bonds is 11. The molecule has 0 saturated heterocycles. The van der Waals surface area contributed by atoms with Crippen LogP contribution in [0.15, 0.2) is 83.5 Å². The summed E-state index contributed by atoms with van der Waals surface area (Å²) in [4.78, 5) is 7.38. The smallest absolute Gasteiger partial charge is 0.231 e. The lowest BCUT2D eigenvalue weighted by Crippen LogP contribution is -2.26. The SMILES string of the molecule is CCCCn1c(CN(CCc2ccc(Br)cc2)Cc2ccc3c(c2)OCO3)cnc1-c1ccccc1. The van der Waals surface area contributed by atoms with Crippen molar-refractivity contribution in [2.75, 3.05) is 13.3 Å². The monoisotopic (exact) mass is 545 g/mol. The van der Waals surface area contributed by atoms with Crippen molar-refractivity contribution in [3.05, 3.63) is 100 Å². The maximum absolute atomic E-state index is 5.64. The molecule has 0 aliphatic carbocycles. The van der Waals surface area contributed by atoms with Gasteiger partial charge in [-0.1, -0.05) is 77.8 Å². The third kappa shape index (κ3) is 6.00. The van der Waals surface area contributed by atoms with Crippen LogP contribution in [-0.2, 0) is 26.1 Å². The first kappa shape index (κ1) is 24.6. The van der Waals surface area contributed by atoms with Crippen LogP contribution in [0.4, 0.5) is 0 Å². The topological polar surface area (TPSA) is 39.5 Å². The summed E-state index contributed by atoms with van der Waals surface area (Å²) >= 11 is 3.55. The van der Waals surface area contributed by atoms with Crippen LogP contribution in [0.2, 0.25) is 0 Å². The van der Waals surface area contributed by atoms with E-state index in [0.717, 1.165) is 72.8 Å². The number of unbranched alkanes of at least 4 members (excludes halogenated alkanes) is 1. The van der Waals surface area contributed by atoms with E-state index in [-0.39, 0.29) is 0 Å². The number of fused-ring (bicyclic) bond motifs is 1. The normalized spacial score (nSPS) is 12.4. The number of halogens is 1. The Bertz CT molecular complexity index is 1270. The molecule has 4 aromatic rings. The molecule has 0 saturated carbocycles. The molecule has 1 aromatic heterocycles. The van der Waals surface area contributed by atoms with Crippen molar-refractivity contribution in [1.29, 1.82) is 0 Å². The number of ether oxygens (including phenoxy) is 2. The Morgan fingerprint density at radius 2 is 1.69 bits per heavy atom. The van der Waals surface area contributed by atoms with Crippen LogP contribution in [0.1, 0.15) is 36.6 Å². The Balaban J connectivity index is 1.40. The van der Waals surface area contributed by atoms with E-state index in [1.165, 1.54) is 16.8 Å². The number of nitrogens with zero attached hydrogens (tertiary/aromatic N) is 3. The highest BCUT2D eigenvalue weighted by molar-refractivity contribution is 9.10. The first-order valence-corrected chi connectivity index (χ1v) is 13.4. The van der Waals surface area contributed by atoms with E-state index < -0.39 is 0 Å². The fourth-order valence-corrected chi connectivity index (χ4v) is 4.86. The van der Waals surface area contributed by atoms with Crippen molar-refractivity contribution in [3.63, 3.8) is 0 Å². The summed E-state index contributed by atoms with van der Waals surface area (Å²) in [6.45, 7) is 6.10. The Labute approximate surface area is 221 Å². The molecule has 0 atom stereocenters. The maximum atomic E-state index is 5.64. The van der Waals surface area contributed by atoms with Crippen LogP contribution in [-0.4, -0.2) is 27.8 Å². The Hall–Kier alpha value is -3.09. The van der Waals surface area contributed by atoms with E-state index in [4.69, 9.17) is 14.5 Å². The summed E-state index contributed by atoms with van der Waals surface area (Å²) in [6, 6.07) is 25.4. The summed E-state index contributed by atoms with van der Waals surface area (Å²) in [5.74, 6) is 2.71. The molecular weight excluding hydrogens is 514 g/mol. The molecule has 3 aromatic carbocycles. The highest BCUT2D eigenvalue weighted by atomic mass is 79.9. The second kappa shape index (κ2) is 11.8. The second-order valence-corrected chi connectivity index (χ2v) is 10.1. The third-order valence-electron chi connectivity index (χ3n) is 6.56. The van der Waals surface area contributed by atoms with Gasteiger partial charge >= 0.3 is 0 Å². The Kier molecular flexibility index (Phi) is 8.04. The number of hydrogen-bond acceptors (Lipinski definition) is 4. The fourth-order valence-electron chi connectivity index (χ4n) is 4.60. The van der Waals surface area contributed by atoms with E-state index >= 15 is 0 Å². The summed E-state index contributed by atoms with van der Waals surface area (Å²) in [6.07, 6.45) is 5.32. The molecule has 0 unspecified atom stereocenters. The maximum Gasteiger partial charge on any atom is 0.231 e. The highest BCUT2D eigenvalue weighted by Crippen LogP contribution is 2.33. The van der Waals surface area contributed by atoms with Crippen molar-refractivity contribution in [3.8, 4) is 22.9 Å². The van der Waals surface area contributed by atoms with Crippen molar-refractivity contribution in [2.24, 2.45) is 0 Å². The molecule has 6 heteroatoms. The Morgan fingerprint density at radius 1 is 0.917 bits per heavy atom. The zero-order valence-electron chi connectivity index (χ0n) is 20.7. The van der Waals surface area contributed by atoms with E-state index in [1.807, 2.05) is 6.07 Å². The molecule has 0 bridgehead atoms. The minimum Gasteiger partial charge on any atom is -0.454 e. The lowest BCUT2D eigenvalue weighted by atomic mass is 10.1. The van der Waals surface area contributed by atoms with Crippen LogP contribution in [0.3, 0.4) is 0 Å². The second-order valence-electron chi connectivity index (χ2n) is 9.22. The van der Waals surface area contributed by atoms with Gasteiger partial charge in [0, 0.05) is 36.2 Å². The van der Waals surface area contributed by atoms with Gasteiger partial charge in [0.25, 0.3) is 0 Å². The molecular formula is C30H32BrN3O2. The van der Waals surface area contributed by atoms with E-state index in [2.05, 4.69) is 105 Å². The van der Waals surface area contributed by atoms with Crippen molar-refractivity contribution >= 4 is 15.9 Å². The van der Waals surface area contributed by atoms with Crippen LogP contribution >= 0.6 is 15.9 Å². The average Bonchev–Trinajstić information content (AvgIpc) is 3.54. The molecule has 5 nitrogen and oxygen atoms in total. The van der Waals surface area contributed by atoms with Gasteiger partial charge in [-0.25, -0.2) is 4.98 Å². The molecule has 0 N–H and O–H groups in total. The minimum absolute atomic E-state index is 0.297. The molecule has 0 spiro atoms. The predicted octanol–water partition coefficient (Wildman–Crippen LogP) is 7.09. The zero-order valence-corrected chi connectivity index (χ0v) is 22.3. The highest BCUT2D eigenvalue weighted by Gasteiger charge is 2.18. The fraction of sp³-hybridized carbons (Fsp3) is 0.300. The number of aromatic nitrogens is 2. The van der Waals surface area contributed by atoms with Crippen LogP contribution in [0, 0.1) is 0 Å². The lowest BCUT2D eigenvalue weighted by molar-refractivity contribution is 0.174. The standard InChI is InChI=1S/C30H32BrN3O2/c1-2-3-16-34-27(19-32-30(34)25-7-5-4-6-8-25)21-33(17-15-23-9-12-26(31)13-10-23)20-24-11-14-28-29(18-24)36-22-35-28/h4-14,18-19H,2-3,15-17,20-22H2,1H3. The van der Waals surface area contributed by atoms with Gasteiger partial charge in [-0.3, -0.25) is 4.90 Å². The van der Waals surface area contributed by atoms with Crippen molar-refractivity contribution in [1.82, 2.24) is 14.5 Å². The number of hydrogen-bond donors (Lipinski definition) is 0. The third-order valence-corrected chi connectivity index (χ3v) is 7.09. The molecule has 186 valence electrons. The van der Waals surface area contributed by atoms with Crippen molar-refractivity contribution < 1.29 is 9.47 Å². The van der Waals surface area contributed by atoms with Crippen LogP contribution in [0.5, 0.6) is 11.5 Å². The quantitative estimate of drug-likeness (QED) is 0.202. The van der Waals surface area contributed by atoms with Gasteiger partial charge in [-0.05, 0) is 48.2 Å². The molecule has 2 heterocycles. The van der Waals surface area contributed by atoms with Gasteiger partial charge in [-0.15, -0.1) is 0 Å². The summed E-state index contributed by atoms with van der Waals surface area (Å²) < 4.78 is 14.7. The predicted molar refractivity (Wildman–Crippen MR) is 147 cm³/mol. The molecule has 36 heavy (non-hydrogen) atoms. The van der Waals surface area contributed by atoms with E-state index in [0.29, 0.717) is 6.79 Å². The van der Waals surface area contributed by atoms with Gasteiger partial charge < -0.3 is 14.0 Å². The van der Waals surface area contributed by atoms with Gasteiger partial charge in [0.2, 0.25) is 6.79 Å². The largest absolute Gasteiger partial charge is 0.454 e. The van der Waals surface area contributed by atoms with E-state index in [1.54, 1.807) is 0 Å². The van der Waals surface area contributed by atoms with Crippen LogP contribution < -0.4 is 9.47 Å². The summed E-state index contributed by atoms with van der Waals surface area (Å²) in [7, 11) is 0. The van der Waals surface area contributed by atoms with Gasteiger partial charge in [0.1, 0.15) is 5.82 Å². The number of imidazole rings is 1. The zero-order chi connectivity index (χ0) is 24.7. The molecule has 0 radical (unpaired) electrons. The molecule has 1 aliphatic heterocycles. The van der Waals surface area contributed by atoms with Crippen LogP contribution in [0.25, 0.3) is 11.4 Å². The summed E-state index contributed by atoms with van der Waals surface area (Å²) in [5.41, 5.74) is 4.97. The van der Waals surface area contributed by atoms with Crippen molar-refractivity contribution in [2.45, 2.75) is 45.8 Å². The van der Waals surface area contributed by atoms with E-state index in [9.17, 15) is 0 Å². The number of benzene rings is 3. The van der Waals surface area contributed by atoms with Gasteiger partial charge in [0.15, 0.2) is 11.5 Å². The average molecular weight is 547 g/mol. The molecule has 1 aliphatic rings. The first-order valence-electron chi connectivity index (χ1n) is 12.6. The lowest BCUT2D eigenvalue weighted by Gasteiger charge is -2.24. The molecule has 0 fully saturated rings. The minimum atomic E-state index is 0.297. The Morgan fingerprint density at radius 3 is 2.50 bits per heavy atom. The molecule has 5 rings (SSSR count). The van der Waals surface area contributed by atoms with Gasteiger partial charge in [0.05, 0.1) is 11.9 Å². The molecule has 0 amide bonds.